The summed E-state index contributed by atoms with van der Waals surface area (Å²) in [5, 5.41) is 3.57. The van der Waals surface area contributed by atoms with Gasteiger partial charge in [-0.25, -0.2) is 4.98 Å². The van der Waals surface area contributed by atoms with Crippen molar-refractivity contribution in [2.75, 3.05) is 5.32 Å². The molecule has 1 N–H and O–H groups in total. The van der Waals surface area contributed by atoms with E-state index in [1.54, 1.807) is 0 Å². The Labute approximate surface area is 108 Å². The molecule has 1 aliphatic carbocycles. The summed E-state index contributed by atoms with van der Waals surface area (Å²) in [6.07, 6.45) is 7.69. The summed E-state index contributed by atoms with van der Waals surface area (Å²) in [6, 6.07) is 10.9. The van der Waals surface area contributed by atoms with Crippen molar-refractivity contribution < 1.29 is 0 Å². The van der Waals surface area contributed by atoms with E-state index >= 15 is 0 Å². The van der Waals surface area contributed by atoms with Crippen LogP contribution in [0.15, 0.2) is 42.7 Å². The van der Waals surface area contributed by atoms with Crippen molar-refractivity contribution in [3.63, 3.8) is 0 Å². The lowest BCUT2D eigenvalue weighted by atomic mass is 10.1. The van der Waals surface area contributed by atoms with Gasteiger partial charge >= 0.3 is 0 Å². The van der Waals surface area contributed by atoms with Gasteiger partial charge in [-0.2, -0.15) is 0 Å². The Balaban J connectivity index is 1.80. The lowest BCUT2D eigenvalue weighted by molar-refractivity contribution is 0.601. The summed E-state index contributed by atoms with van der Waals surface area (Å²) < 4.78 is 2.11. The van der Waals surface area contributed by atoms with Crippen molar-refractivity contribution >= 4 is 5.95 Å². The molecule has 1 aliphatic rings. The maximum absolute atomic E-state index is 4.43. The summed E-state index contributed by atoms with van der Waals surface area (Å²) in [4.78, 5) is 4.43. The molecule has 1 aromatic heterocycles. The van der Waals surface area contributed by atoms with Crippen molar-refractivity contribution in [1.29, 1.82) is 0 Å². The highest BCUT2D eigenvalue weighted by Gasteiger charge is 2.22. The maximum Gasteiger partial charge on any atom is 0.207 e. The van der Waals surface area contributed by atoms with E-state index < -0.39 is 0 Å². The van der Waals surface area contributed by atoms with E-state index in [0.717, 1.165) is 17.6 Å². The largest absolute Gasteiger partial charge is 0.353 e. The fraction of sp³-hybridized carbons (Fsp3) is 0.400. The Bertz CT molecular complexity index is 503. The molecule has 0 aliphatic heterocycles. The van der Waals surface area contributed by atoms with E-state index in [9.17, 15) is 0 Å². The van der Waals surface area contributed by atoms with E-state index in [1.807, 2.05) is 18.5 Å². The first-order valence-corrected chi connectivity index (χ1v) is 6.68. The molecule has 2 aromatic rings. The van der Waals surface area contributed by atoms with Gasteiger partial charge in [0, 0.05) is 24.1 Å². The zero-order valence-corrected chi connectivity index (χ0v) is 10.7. The van der Waals surface area contributed by atoms with E-state index in [2.05, 4.69) is 46.1 Å². The van der Waals surface area contributed by atoms with Gasteiger partial charge in [-0.05, 0) is 37.3 Å². The molecular weight excluding hydrogens is 222 g/mol. The van der Waals surface area contributed by atoms with Crippen molar-refractivity contribution in [3.05, 3.63) is 42.7 Å². The summed E-state index contributed by atoms with van der Waals surface area (Å²) in [7, 11) is 0. The van der Waals surface area contributed by atoms with Crippen LogP contribution in [-0.2, 0) is 0 Å². The van der Waals surface area contributed by atoms with E-state index in [1.165, 1.54) is 19.3 Å². The van der Waals surface area contributed by atoms with Crippen molar-refractivity contribution in [1.82, 2.24) is 9.55 Å². The summed E-state index contributed by atoms with van der Waals surface area (Å²) in [5.41, 5.74) is 1.16. The molecule has 3 nitrogen and oxygen atoms in total. The molecule has 2 unspecified atom stereocenters. The highest BCUT2D eigenvalue weighted by Crippen LogP contribution is 2.27. The summed E-state index contributed by atoms with van der Waals surface area (Å²) in [5.74, 6) is 1.79. The van der Waals surface area contributed by atoms with Gasteiger partial charge in [0.1, 0.15) is 0 Å². The number of nitrogens with one attached hydrogen (secondary N) is 1. The number of rotatable bonds is 3. The van der Waals surface area contributed by atoms with Crippen LogP contribution in [0.2, 0.25) is 0 Å². The molecule has 3 heteroatoms. The number of anilines is 1. The van der Waals surface area contributed by atoms with E-state index in [4.69, 9.17) is 0 Å². The van der Waals surface area contributed by atoms with Gasteiger partial charge in [0.05, 0.1) is 0 Å². The third-order valence-corrected chi connectivity index (χ3v) is 3.70. The number of aromatic nitrogens is 2. The second-order valence-electron chi connectivity index (χ2n) is 5.22. The van der Waals surface area contributed by atoms with Crippen LogP contribution < -0.4 is 5.32 Å². The molecule has 1 aromatic carbocycles. The monoisotopic (exact) mass is 241 g/mol. The van der Waals surface area contributed by atoms with Crippen LogP contribution in [-0.4, -0.2) is 15.6 Å². The maximum atomic E-state index is 4.43. The van der Waals surface area contributed by atoms with Crippen molar-refractivity contribution in [2.45, 2.75) is 32.2 Å². The Morgan fingerprint density at radius 1 is 1.22 bits per heavy atom. The van der Waals surface area contributed by atoms with Gasteiger partial charge in [0.25, 0.3) is 0 Å². The van der Waals surface area contributed by atoms with E-state index in [0.29, 0.717) is 6.04 Å². The first-order chi connectivity index (χ1) is 8.83. The lowest BCUT2D eigenvalue weighted by Gasteiger charge is -2.15. The van der Waals surface area contributed by atoms with Gasteiger partial charge in [-0.15, -0.1) is 0 Å². The molecular formula is C15H19N3. The van der Waals surface area contributed by atoms with Gasteiger partial charge < -0.3 is 5.32 Å². The zero-order valence-electron chi connectivity index (χ0n) is 10.7. The quantitative estimate of drug-likeness (QED) is 0.891. The molecule has 0 amide bonds. The minimum atomic E-state index is 0.574. The molecule has 1 fully saturated rings. The predicted molar refractivity (Wildman–Crippen MR) is 74.0 cm³/mol. The van der Waals surface area contributed by atoms with Gasteiger partial charge in [0.15, 0.2) is 0 Å². The van der Waals surface area contributed by atoms with Crippen LogP contribution >= 0.6 is 0 Å². The fourth-order valence-electron chi connectivity index (χ4n) is 2.73. The summed E-state index contributed by atoms with van der Waals surface area (Å²) in [6.45, 7) is 2.32. The summed E-state index contributed by atoms with van der Waals surface area (Å²) >= 11 is 0. The lowest BCUT2D eigenvalue weighted by Crippen LogP contribution is -2.18. The predicted octanol–water partition coefficient (Wildman–Crippen LogP) is 3.47. The molecule has 0 radical (unpaired) electrons. The van der Waals surface area contributed by atoms with Gasteiger partial charge in [-0.3, -0.25) is 4.57 Å². The minimum Gasteiger partial charge on any atom is -0.353 e. The van der Waals surface area contributed by atoms with Gasteiger partial charge in [-0.1, -0.05) is 25.1 Å². The molecule has 0 spiro atoms. The molecule has 1 saturated carbocycles. The third kappa shape index (κ3) is 2.26. The Morgan fingerprint density at radius 3 is 2.78 bits per heavy atom. The molecule has 0 saturated heterocycles. The molecule has 94 valence electrons. The van der Waals surface area contributed by atoms with Crippen LogP contribution in [0.1, 0.15) is 26.2 Å². The van der Waals surface area contributed by atoms with Gasteiger partial charge in [0.2, 0.25) is 5.95 Å². The third-order valence-electron chi connectivity index (χ3n) is 3.70. The second-order valence-corrected chi connectivity index (χ2v) is 5.22. The molecule has 0 bridgehead atoms. The SMILES string of the molecule is CC1CCC(Nc2nccn2-c2ccccc2)C1. The standard InChI is InChI=1S/C15H19N3/c1-12-7-8-13(11-12)17-15-16-9-10-18(15)14-5-3-2-4-6-14/h2-6,9-10,12-13H,7-8,11H2,1H3,(H,16,17). The highest BCUT2D eigenvalue weighted by molar-refractivity contribution is 5.42. The molecule has 3 rings (SSSR count). The number of benzene rings is 1. The van der Waals surface area contributed by atoms with Crippen LogP contribution in [0.5, 0.6) is 0 Å². The first kappa shape index (κ1) is 11.3. The number of hydrogen-bond acceptors (Lipinski definition) is 2. The Hall–Kier alpha value is -1.77. The molecule has 1 heterocycles. The highest BCUT2D eigenvalue weighted by atomic mass is 15.2. The smallest absolute Gasteiger partial charge is 0.207 e. The average Bonchev–Trinajstić information content (AvgIpc) is 3.00. The van der Waals surface area contributed by atoms with E-state index in [-0.39, 0.29) is 0 Å². The fourth-order valence-corrected chi connectivity index (χ4v) is 2.73. The van der Waals surface area contributed by atoms with Crippen LogP contribution in [0, 0.1) is 5.92 Å². The zero-order chi connectivity index (χ0) is 12.4. The number of para-hydroxylation sites is 1. The number of hydrogen-bond donors (Lipinski definition) is 1. The Morgan fingerprint density at radius 2 is 2.06 bits per heavy atom. The van der Waals surface area contributed by atoms with Crippen molar-refractivity contribution in [3.8, 4) is 5.69 Å². The van der Waals surface area contributed by atoms with Crippen LogP contribution in [0.25, 0.3) is 5.69 Å². The van der Waals surface area contributed by atoms with Crippen molar-refractivity contribution in [2.24, 2.45) is 5.92 Å². The van der Waals surface area contributed by atoms with Crippen LogP contribution in [0.4, 0.5) is 5.95 Å². The molecule has 2 atom stereocenters. The number of nitrogens with zero attached hydrogens (tertiary/aromatic N) is 2. The Kier molecular flexibility index (Phi) is 3.05. The average molecular weight is 241 g/mol. The minimum absolute atomic E-state index is 0.574. The van der Waals surface area contributed by atoms with Crippen LogP contribution in [0.3, 0.4) is 0 Å². The normalized spacial score (nSPS) is 23.2. The topological polar surface area (TPSA) is 29.9 Å². The molecule has 18 heavy (non-hydrogen) atoms. The number of imidazole rings is 1. The first-order valence-electron chi connectivity index (χ1n) is 6.68. The second kappa shape index (κ2) is 4.84.